The molecule has 1 unspecified atom stereocenters. The van der Waals surface area contributed by atoms with E-state index in [0.717, 1.165) is 4.88 Å². The molecule has 0 spiro atoms. The Labute approximate surface area is 138 Å². The molecule has 0 bridgehead atoms. The summed E-state index contributed by atoms with van der Waals surface area (Å²) >= 11 is 8.51. The van der Waals surface area contributed by atoms with Crippen molar-refractivity contribution in [3.63, 3.8) is 0 Å². The summed E-state index contributed by atoms with van der Waals surface area (Å²) in [6.07, 6.45) is -0.203. The molecule has 22 heavy (non-hydrogen) atoms. The number of alkyl halides is 1. The number of halogens is 2. The van der Waals surface area contributed by atoms with E-state index in [9.17, 15) is 14.0 Å². The summed E-state index contributed by atoms with van der Waals surface area (Å²) in [7, 11) is 0. The lowest BCUT2D eigenvalue weighted by atomic mass is 10.1. The summed E-state index contributed by atoms with van der Waals surface area (Å²) in [5.74, 6) is -1.99. The molecule has 5 nitrogen and oxygen atoms in total. The molecule has 1 N–H and O–H groups in total. The van der Waals surface area contributed by atoms with Crippen molar-refractivity contribution in [3.05, 3.63) is 27.5 Å². The molecule has 1 aliphatic rings. The molecule has 2 aromatic rings. The molecule has 1 amide bonds. The number of thiophene rings is 1. The van der Waals surface area contributed by atoms with Crippen LogP contribution in [0.3, 0.4) is 0 Å². The van der Waals surface area contributed by atoms with Gasteiger partial charge in [-0.15, -0.1) is 22.7 Å². The number of carbonyl (C=O) groups excluding carboxylic acids is 1. The Kier molecular flexibility index (Phi) is 3.92. The van der Waals surface area contributed by atoms with Crippen molar-refractivity contribution in [2.24, 2.45) is 0 Å². The molecule has 2 aromatic heterocycles. The van der Waals surface area contributed by atoms with E-state index in [4.69, 9.17) is 16.7 Å². The van der Waals surface area contributed by atoms with E-state index < -0.39 is 24.1 Å². The maximum absolute atomic E-state index is 14.0. The molecule has 1 atom stereocenters. The van der Waals surface area contributed by atoms with Gasteiger partial charge in [0.05, 0.1) is 15.8 Å². The second kappa shape index (κ2) is 5.60. The summed E-state index contributed by atoms with van der Waals surface area (Å²) in [4.78, 5) is 29.5. The van der Waals surface area contributed by atoms with Crippen molar-refractivity contribution in [1.82, 2.24) is 9.88 Å². The Bertz CT molecular complexity index is 747. The highest BCUT2D eigenvalue weighted by Gasteiger charge is 2.47. The molecule has 0 saturated carbocycles. The van der Waals surface area contributed by atoms with Gasteiger partial charge in [-0.05, 0) is 12.1 Å². The van der Waals surface area contributed by atoms with Gasteiger partial charge in [0.1, 0.15) is 10.7 Å². The van der Waals surface area contributed by atoms with E-state index in [0.29, 0.717) is 9.34 Å². The van der Waals surface area contributed by atoms with Gasteiger partial charge in [-0.25, -0.2) is 14.2 Å². The van der Waals surface area contributed by atoms with E-state index in [-0.39, 0.29) is 18.7 Å². The van der Waals surface area contributed by atoms with Crippen LogP contribution in [0.1, 0.15) is 16.9 Å². The van der Waals surface area contributed by atoms with Gasteiger partial charge in [0.25, 0.3) is 5.91 Å². The highest BCUT2D eigenvalue weighted by Crippen LogP contribution is 2.34. The normalized spacial score (nSPS) is 21.3. The Morgan fingerprint density at radius 3 is 2.82 bits per heavy atom. The molecule has 3 rings (SSSR count). The second-order valence-corrected chi connectivity index (χ2v) is 7.46. The lowest BCUT2D eigenvalue weighted by Gasteiger charge is -2.16. The van der Waals surface area contributed by atoms with Crippen molar-refractivity contribution < 1.29 is 19.1 Å². The van der Waals surface area contributed by atoms with E-state index in [1.165, 1.54) is 27.6 Å². The van der Waals surface area contributed by atoms with Gasteiger partial charge in [0.15, 0.2) is 0 Å². The van der Waals surface area contributed by atoms with Crippen LogP contribution in [-0.4, -0.2) is 45.6 Å². The maximum Gasteiger partial charge on any atom is 0.343 e. The number of carbonyl (C=O) groups is 2. The number of rotatable bonds is 3. The van der Waals surface area contributed by atoms with Crippen molar-refractivity contribution in [2.75, 3.05) is 13.1 Å². The molecule has 9 heteroatoms. The first-order valence-corrected chi connectivity index (χ1v) is 8.39. The fraction of sp³-hybridized carbons (Fsp3) is 0.308. The van der Waals surface area contributed by atoms with Crippen molar-refractivity contribution in [2.45, 2.75) is 12.1 Å². The molecule has 1 aliphatic heterocycles. The number of aromatic nitrogens is 1. The van der Waals surface area contributed by atoms with Crippen LogP contribution in [-0.2, 0) is 4.79 Å². The van der Waals surface area contributed by atoms with Gasteiger partial charge in [-0.1, -0.05) is 11.6 Å². The standard InChI is InChI=1S/C13H10ClFN2O3S2/c14-9-2-1-8(22-9)10-16-7(5-21-10)11(18)17-4-3-13(15,6-17)12(19)20/h1-2,5H,3-4,6H2,(H,19,20). The molecule has 116 valence electrons. The van der Waals surface area contributed by atoms with Crippen LogP contribution in [0, 0.1) is 0 Å². The number of thiazole rings is 1. The number of hydrogen-bond acceptors (Lipinski definition) is 5. The van der Waals surface area contributed by atoms with E-state index in [2.05, 4.69) is 4.98 Å². The number of amides is 1. The Balaban J connectivity index is 1.77. The summed E-state index contributed by atoms with van der Waals surface area (Å²) in [5.41, 5.74) is -2.17. The van der Waals surface area contributed by atoms with Gasteiger partial charge in [-0.3, -0.25) is 4.79 Å². The van der Waals surface area contributed by atoms with Gasteiger partial charge in [-0.2, -0.15) is 0 Å². The molecular weight excluding hydrogens is 351 g/mol. The minimum Gasteiger partial charge on any atom is -0.479 e. The first-order valence-electron chi connectivity index (χ1n) is 6.32. The largest absolute Gasteiger partial charge is 0.479 e. The fourth-order valence-corrected chi connectivity index (χ4v) is 4.11. The maximum atomic E-state index is 14.0. The zero-order chi connectivity index (χ0) is 15.9. The SMILES string of the molecule is O=C(c1csc(-c2ccc(Cl)s2)n1)N1CCC(F)(C(=O)O)C1. The van der Waals surface area contributed by atoms with Crippen LogP contribution < -0.4 is 0 Å². The number of nitrogens with zero attached hydrogens (tertiary/aromatic N) is 2. The van der Waals surface area contributed by atoms with Gasteiger partial charge < -0.3 is 10.0 Å². The quantitative estimate of drug-likeness (QED) is 0.912. The van der Waals surface area contributed by atoms with Gasteiger partial charge in [0.2, 0.25) is 5.67 Å². The van der Waals surface area contributed by atoms with Crippen LogP contribution in [0.25, 0.3) is 9.88 Å². The molecular formula is C13H10ClFN2O3S2. The third kappa shape index (κ3) is 2.73. The monoisotopic (exact) mass is 360 g/mol. The highest BCUT2D eigenvalue weighted by molar-refractivity contribution is 7.23. The van der Waals surface area contributed by atoms with Crippen LogP contribution in [0.2, 0.25) is 4.34 Å². The predicted molar refractivity (Wildman–Crippen MR) is 82.4 cm³/mol. The zero-order valence-electron chi connectivity index (χ0n) is 11.1. The summed E-state index contributed by atoms with van der Waals surface area (Å²) in [5, 5.41) is 11.1. The smallest absolute Gasteiger partial charge is 0.343 e. The molecule has 0 radical (unpaired) electrons. The second-order valence-electron chi connectivity index (χ2n) is 4.89. The van der Waals surface area contributed by atoms with E-state index in [1.807, 2.05) is 6.07 Å². The molecule has 1 saturated heterocycles. The molecule has 0 aromatic carbocycles. The number of carboxylic acid groups (broad SMARTS) is 1. The van der Waals surface area contributed by atoms with Crippen molar-refractivity contribution in [1.29, 1.82) is 0 Å². The predicted octanol–water partition coefficient (Wildman–Crippen LogP) is 3.16. The first kappa shape index (κ1) is 15.4. The minimum absolute atomic E-state index is 0.0688. The molecule has 3 heterocycles. The Hall–Kier alpha value is -1.51. The number of hydrogen-bond donors (Lipinski definition) is 1. The Morgan fingerprint density at radius 2 is 2.23 bits per heavy atom. The van der Waals surface area contributed by atoms with Crippen molar-refractivity contribution in [3.8, 4) is 9.88 Å². The summed E-state index contributed by atoms with van der Waals surface area (Å²) in [6.45, 7) is -0.377. The van der Waals surface area contributed by atoms with Crippen LogP contribution in [0.15, 0.2) is 17.5 Å². The average Bonchev–Trinajstić information content (AvgIpc) is 3.17. The number of carboxylic acids is 1. The Morgan fingerprint density at radius 1 is 1.45 bits per heavy atom. The first-order chi connectivity index (χ1) is 10.4. The third-order valence-corrected chi connectivity index (χ3v) is 5.64. The minimum atomic E-state index is -2.37. The van der Waals surface area contributed by atoms with Gasteiger partial charge >= 0.3 is 5.97 Å². The number of likely N-dealkylation sites (tertiary alicyclic amines) is 1. The molecule has 1 fully saturated rings. The summed E-state index contributed by atoms with van der Waals surface area (Å²) in [6, 6.07) is 3.56. The van der Waals surface area contributed by atoms with Crippen LogP contribution in [0.4, 0.5) is 4.39 Å². The fourth-order valence-electron chi connectivity index (χ4n) is 2.20. The zero-order valence-corrected chi connectivity index (χ0v) is 13.5. The van der Waals surface area contributed by atoms with E-state index >= 15 is 0 Å². The summed E-state index contributed by atoms with van der Waals surface area (Å²) < 4.78 is 14.6. The van der Waals surface area contributed by atoms with Gasteiger partial charge in [0, 0.05) is 18.3 Å². The van der Waals surface area contributed by atoms with Crippen LogP contribution in [0.5, 0.6) is 0 Å². The van der Waals surface area contributed by atoms with Crippen molar-refractivity contribution >= 4 is 46.2 Å². The topological polar surface area (TPSA) is 70.5 Å². The van der Waals surface area contributed by atoms with Crippen LogP contribution >= 0.6 is 34.3 Å². The lowest BCUT2D eigenvalue weighted by molar-refractivity contribution is -0.149. The van der Waals surface area contributed by atoms with E-state index in [1.54, 1.807) is 11.4 Å². The third-order valence-electron chi connectivity index (χ3n) is 3.40. The highest BCUT2D eigenvalue weighted by atomic mass is 35.5. The molecule has 0 aliphatic carbocycles. The average molecular weight is 361 g/mol. The lowest BCUT2D eigenvalue weighted by Crippen LogP contribution is -2.39. The number of aliphatic carboxylic acids is 1.